The molecule has 14 rings (SSSR count). The van der Waals surface area contributed by atoms with Gasteiger partial charge >= 0.3 is 0 Å². The van der Waals surface area contributed by atoms with Crippen molar-refractivity contribution in [2.24, 2.45) is 0 Å². The molecule has 0 radical (unpaired) electrons. The van der Waals surface area contributed by atoms with Crippen molar-refractivity contribution in [1.82, 2.24) is 0 Å². The highest BCUT2D eigenvalue weighted by molar-refractivity contribution is 7.25. The van der Waals surface area contributed by atoms with Gasteiger partial charge < -0.3 is 9.32 Å². The summed E-state index contributed by atoms with van der Waals surface area (Å²) in [4.78, 5) is 2.39. The second kappa shape index (κ2) is 16.2. The molecule has 0 N–H and O–H groups in total. The molecule has 0 fully saturated rings. The minimum absolute atomic E-state index is 0.443. The van der Waals surface area contributed by atoms with Crippen LogP contribution in [0, 0.1) is 0 Å². The molecule has 0 saturated carbocycles. The summed E-state index contributed by atoms with van der Waals surface area (Å²) in [6.07, 6.45) is 0. The molecule has 0 saturated heterocycles. The van der Waals surface area contributed by atoms with Gasteiger partial charge in [0, 0.05) is 53.6 Å². The van der Waals surface area contributed by atoms with Gasteiger partial charge in [-0.15, -0.1) is 11.3 Å². The topological polar surface area (TPSA) is 16.4 Å². The van der Waals surface area contributed by atoms with Crippen molar-refractivity contribution < 1.29 is 4.42 Å². The number of benzene rings is 11. The molecule has 3 heteroatoms. The highest BCUT2D eigenvalue weighted by Crippen LogP contribution is 2.57. The fourth-order valence-electron chi connectivity index (χ4n) is 11.5. The Bertz CT molecular complexity index is 4070. The summed E-state index contributed by atoms with van der Waals surface area (Å²) in [7, 11) is 0. The van der Waals surface area contributed by atoms with E-state index in [0.717, 1.165) is 55.7 Å². The molecule has 70 heavy (non-hydrogen) atoms. The molecule has 1 aliphatic rings. The first kappa shape index (κ1) is 40.3. The fraction of sp³-hybridized carbons (Fsp3) is 0.0149. The summed E-state index contributed by atoms with van der Waals surface area (Å²) in [6.45, 7) is 0. The second-order valence-electron chi connectivity index (χ2n) is 18.3. The lowest BCUT2D eigenvalue weighted by Crippen LogP contribution is -2.28. The molecule has 0 bridgehead atoms. The smallest absolute Gasteiger partial charge is 0.143 e. The van der Waals surface area contributed by atoms with Crippen molar-refractivity contribution in [2.75, 3.05) is 4.90 Å². The average molecular weight is 910 g/mol. The quantitative estimate of drug-likeness (QED) is 0.151. The third-order valence-corrected chi connectivity index (χ3v) is 15.7. The van der Waals surface area contributed by atoms with Gasteiger partial charge in [0.15, 0.2) is 0 Å². The summed E-state index contributed by atoms with van der Waals surface area (Å²) in [6, 6.07) is 95.4. The van der Waals surface area contributed by atoms with E-state index in [4.69, 9.17) is 4.42 Å². The number of fused-ring (bicyclic) bond motifs is 9. The number of hydrogen-bond acceptors (Lipinski definition) is 3. The Labute approximate surface area is 410 Å². The maximum absolute atomic E-state index is 6.50. The van der Waals surface area contributed by atoms with E-state index in [1.165, 1.54) is 70.2 Å². The molecule has 0 spiro atoms. The fourth-order valence-corrected chi connectivity index (χ4v) is 12.6. The van der Waals surface area contributed by atoms with Gasteiger partial charge in [-0.3, -0.25) is 0 Å². The maximum Gasteiger partial charge on any atom is 0.143 e. The number of hydrogen-bond donors (Lipinski definition) is 0. The molecule has 2 aromatic heterocycles. The zero-order valence-corrected chi connectivity index (χ0v) is 38.9. The van der Waals surface area contributed by atoms with E-state index in [1.54, 1.807) is 0 Å². The van der Waals surface area contributed by atoms with Crippen molar-refractivity contribution in [3.63, 3.8) is 0 Å². The van der Waals surface area contributed by atoms with E-state index in [1.807, 2.05) is 23.5 Å². The first-order valence-electron chi connectivity index (χ1n) is 24.0. The third-order valence-electron chi connectivity index (χ3n) is 14.6. The number of furan rings is 1. The molecule has 0 aliphatic heterocycles. The summed E-state index contributed by atoms with van der Waals surface area (Å²) in [5.74, 6) is 0. The van der Waals surface area contributed by atoms with Crippen molar-refractivity contribution in [3.8, 4) is 44.5 Å². The molecule has 0 amide bonds. The van der Waals surface area contributed by atoms with E-state index in [-0.39, 0.29) is 0 Å². The first-order chi connectivity index (χ1) is 34.7. The van der Waals surface area contributed by atoms with Crippen LogP contribution < -0.4 is 4.90 Å². The predicted molar refractivity (Wildman–Crippen MR) is 295 cm³/mol. The monoisotopic (exact) mass is 909 g/mol. The van der Waals surface area contributed by atoms with E-state index in [0.29, 0.717) is 0 Å². The van der Waals surface area contributed by atoms with E-state index < -0.39 is 5.41 Å². The highest BCUT2D eigenvalue weighted by atomic mass is 32.1. The molecule has 328 valence electrons. The Hall–Kier alpha value is -8.76. The minimum atomic E-state index is -0.443. The van der Waals surface area contributed by atoms with Crippen LogP contribution in [0.15, 0.2) is 265 Å². The minimum Gasteiger partial charge on any atom is -0.455 e. The molecule has 11 aromatic carbocycles. The summed E-state index contributed by atoms with van der Waals surface area (Å²) in [5, 5.41) is 4.88. The third kappa shape index (κ3) is 6.25. The predicted octanol–water partition coefficient (Wildman–Crippen LogP) is 18.8. The second-order valence-corrected chi connectivity index (χ2v) is 19.4. The lowest BCUT2D eigenvalue weighted by molar-refractivity contribution is 0.670. The number of thiophene rings is 1. The first-order valence-corrected chi connectivity index (χ1v) is 24.8. The van der Waals surface area contributed by atoms with Crippen LogP contribution in [0.4, 0.5) is 17.1 Å². The Morgan fingerprint density at radius 1 is 0.329 bits per heavy atom. The normalized spacial score (nSPS) is 12.7. The average Bonchev–Trinajstić information content (AvgIpc) is 4.11. The SMILES string of the molecule is c1ccc(C2(c3ccccc3)c3ccccc3-c3cc(-c4cccc(N(c5ccc(-c6cccc7c6oc6ccccc67)cc5)c5ccc(-c6cccc7sc8ccccc8c67)cc5)c4)ccc32)cc1. The van der Waals surface area contributed by atoms with Crippen molar-refractivity contribution in [2.45, 2.75) is 5.41 Å². The van der Waals surface area contributed by atoms with Gasteiger partial charge in [-0.25, -0.2) is 0 Å². The van der Waals surface area contributed by atoms with E-state index >= 15 is 0 Å². The van der Waals surface area contributed by atoms with Crippen LogP contribution in [0.3, 0.4) is 0 Å². The van der Waals surface area contributed by atoms with E-state index in [2.05, 4.69) is 254 Å². The van der Waals surface area contributed by atoms with Crippen LogP contribution in [-0.4, -0.2) is 0 Å². The zero-order valence-electron chi connectivity index (χ0n) is 38.1. The van der Waals surface area contributed by atoms with Crippen LogP contribution in [0.25, 0.3) is 86.6 Å². The number of anilines is 3. The van der Waals surface area contributed by atoms with Gasteiger partial charge in [0.1, 0.15) is 11.2 Å². The van der Waals surface area contributed by atoms with Crippen molar-refractivity contribution >= 4 is 70.5 Å². The number of rotatable bonds is 8. The summed E-state index contributed by atoms with van der Waals surface area (Å²) in [5.41, 5.74) is 19.2. The van der Waals surface area contributed by atoms with Crippen LogP contribution in [0.5, 0.6) is 0 Å². The van der Waals surface area contributed by atoms with Crippen LogP contribution >= 0.6 is 11.3 Å². The van der Waals surface area contributed by atoms with Gasteiger partial charge in [0.2, 0.25) is 0 Å². The highest BCUT2D eigenvalue weighted by Gasteiger charge is 2.46. The number of para-hydroxylation sites is 2. The lowest BCUT2D eigenvalue weighted by atomic mass is 9.67. The number of nitrogens with zero attached hydrogens (tertiary/aromatic N) is 1. The molecule has 0 atom stereocenters. The van der Waals surface area contributed by atoms with Gasteiger partial charge in [0.05, 0.1) is 5.41 Å². The largest absolute Gasteiger partial charge is 0.455 e. The van der Waals surface area contributed by atoms with Gasteiger partial charge in [0.25, 0.3) is 0 Å². The maximum atomic E-state index is 6.50. The molecule has 1 aliphatic carbocycles. The summed E-state index contributed by atoms with van der Waals surface area (Å²) >= 11 is 1.86. The molecule has 2 heterocycles. The Morgan fingerprint density at radius 3 is 1.64 bits per heavy atom. The van der Waals surface area contributed by atoms with Crippen molar-refractivity contribution in [1.29, 1.82) is 0 Å². The lowest BCUT2D eigenvalue weighted by Gasteiger charge is -2.33. The Balaban J connectivity index is 0.899. The van der Waals surface area contributed by atoms with Gasteiger partial charge in [-0.2, -0.15) is 0 Å². The summed E-state index contributed by atoms with van der Waals surface area (Å²) < 4.78 is 9.11. The Morgan fingerprint density at radius 2 is 0.871 bits per heavy atom. The van der Waals surface area contributed by atoms with Gasteiger partial charge in [-0.05, 0) is 122 Å². The van der Waals surface area contributed by atoms with Crippen LogP contribution in [-0.2, 0) is 5.41 Å². The molecule has 2 nitrogen and oxygen atoms in total. The van der Waals surface area contributed by atoms with E-state index in [9.17, 15) is 0 Å². The van der Waals surface area contributed by atoms with Crippen molar-refractivity contribution in [3.05, 3.63) is 283 Å². The zero-order chi connectivity index (χ0) is 46.2. The van der Waals surface area contributed by atoms with Crippen LogP contribution in [0.2, 0.25) is 0 Å². The van der Waals surface area contributed by atoms with Gasteiger partial charge in [-0.1, -0.05) is 200 Å². The standard InChI is InChI=1S/C67H43NOS/c1-3-17-48(18-4-1)67(49-19-5-2-6-20-49)60-28-10-7-22-55(60)59-43-47(36-41-61(59)67)46-16-13-21-52(42-46)68(50-37-32-44(33-38-50)53-25-15-31-64-65(53)58-24-9-12-30-63(58)70-64)51-39-34-45(35-40-51)54-26-14-27-57-56-23-8-11-29-62(56)69-66(54)57/h1-43H. The molecule has 0 unspecified atom stereocenters. The molecular weight excluding hydrogens is 867 g/mol. The van der Waals surface area contributed by atoms with Crippen LogP contribution in [0.1, 0.15) is 22.3 Å². The molecular formula is C67H43NOS. The Kier molecular flexibility index (Phi) is 9.33. The molecule has 13 aromatic rings.